The van der Waals surface area contributed by atoms with E-state index < -0.39 is 22.1 Å². The van der Waals surface area contributed by atoms with Crippen LogP contribution in [0.1, 0.15) is 192 Å². The molecule has 8 unspecified atom stereocenters. The number of halogens is 4. The Balaban J connectivity index is 3.67. The first-order valence-corrected chi connectivity index (χ1v) is 23.9. The van der Waals surface area contributed by atoms with Crippen molar-refractivity contribution in [2.24, 2.45) is 34.5 Å². The van der Waals surface area contributed by atoms with Gasteiger partial charge in [-0.15, -0.1) is 53.0 Å². The quantitative estimate of drug-likeness (QED) is 0.0446. The van der Waals surface area contributed by atoms with Crippen molar-refractivity contribution >= 4 is 58.3 Å². The highest BCUT2D eigenvalue weighted by molar-refractivity contribution is 6.25. The predicted molar refractivity (Wildman–Crippen MR) is 249 cm³/mol. The highest BCUT2D eigenvalue weighted by Crippen LogP contribution is 2.59. The Kier molecular flexibility index (Phi) is 24.1. The highest BCUT2D eigenvalue weighted by Gasteiger charge is 2.57. The zero-order valence-corrected chi connectivity index (χ0v) is 41.3. The summed E-state index contributed by atoms with van der Waals surface area (Å²) in [5, 5.41) is -0.0674. The molecule has 4 nitrogen and oxygen atoms in total. The molecule has 0 heterocycles. The summed E-state index contributed by atoms with van der Waals surface area (Å²) in [6.07, 6.45) is 19.6. The van der Waals surface area contributed by atoms with Gasteiger partial charge < -0.3 is 9.47 Å². The van der Waals surface area contributed by atoms with Crippen molar-refractivity contribution in [2.75, 3.05) is 13.2 Å². The van der Waals surface area contributed by atoms with E-state index in [9.17, 15) is 9.59 Å². The molecule has 8 atom stereocenters. The van der Waals surface area contributed by atoms with E-state index >= 15 is 0 Å². The summed E-state index contributed by atoms with van der Waals surface area (Å²) in [6.45, 7) is 32.6. The minimum atomic E-state index is -0.830. The lowest BCUT2D eigenvalue weighted by molar-refractivity contribution is -0.165. The second-order valence-corrected chi connectivity index (χ2v) is 23.2. The number of ether oxygens (including phenoxy) is 2. The molecule has 1 rings (SSSR count). The zero-order chi connectivity index (χ0) is 43.7. The van der Waals surface area contributed by atoms with Crippen molar-refractivity contribution in [3.63, 3.8) is 0 Å². The molecule has 0 N–H and O–H groups in total. The Morgan fingerprint density at radius 3 is 1.91 bits per heavy atom. The summed E-state index contributed by atoms with van der Waals surface area (Å²) in [7, 11) is 0. The third kappa shape index (κ3) is 20.6. The molecule has 0 aliphatic heterocycles. The van der Waals surface area contributed by atoms with E-state index in [2.05, 4.69) is 73.8 Å². The predicted octanol–water partition coefficient (Wildman–Crippen LogP) is 16.0. The van der Waals surface area contributed by atoms with Crippen molar-refractivity contribution in [1.82, 2.24) is 0 Å². The summed E-state index contributed by atoms with van der Waals surface area (Å²) >= 11 is 29.1. The van der Waals surface area contributed by atoms with Crippen molar-refractivity contribution in [2.45, 2.75) is 212 Å². The third-order valence-electron chi connectivity index (χ3n) is 12.5. The van der Waals surface area contributed by atoms with E-state index in [1.165, 1.54) is 11.1 Å². The van der Waals surface area contributed by atoms with Crippen LogP contribution in [0.2, 0.25) is 0 Å². The van der Waals surface area contributed by atoms with E-state index in [0.29, 0.717) is 31.6 Å². The van der Waals surface area contributed by atoms with Gasteiger partial charge in [0.25, 0.3) is 0 Å². The van der Waals surface area contributed by atoms with Crippen molar-refractivity contribution in [1.29, 1.82) is 0 Å². The molecule has 1 aliphatic carbocycles. The molecule has 0 aromatic carbocycles. The van der Waals surface area contributed by atoms with Crippen molar-refractivity contribution in [3.8, 4) is 0 Å². The lowest BCUT2D eigenvalue weighted by Crippen LogP contribution is -2.54. The van der Waals surface area contributed by atoms with Crippen molar-refractivity contribution < 1.29 is 19.1 Å². The normalized spacial score (nSPS) is 23.4. The van der Waals surface area contributed by atoms with Gasteiger partial charge in [0.2, 0.25) is 0 Å². The average Bonchev–Trinajstić information content (AvgIpc) is 3.08. The molecule has 1 fully saturated rings. The van der Waals surface area contributed by atoms with Crippen LogP contribution in [0.25, 0.3) is 0 Å². The molecule has 0 radical (unpaired) electrons. The van der Waals surface area contributed by atoms with Crippen LogP contribution in [0.15, 0.2) is 36.5 Å². The van der Waals surface area contributed by atoms with Crippen LogP contribution in [0, 0.1) is 34.5 Å². The van der Waals surface area contributed by atoms with Gasteiger partial charge in [0.05, 0.1) is 25.0 Å². The largest absolute Gasteiger partial charge is 0.466 e. The fourth-order valence-electron chi connectivity index (χ4n) is 9.08. The summed E-state index contributed by atoms with van der Waals surface area (Å²) < 4.78 is 11.3. The van der Waals surface area contributed by atoms with E-state index in [1.807, 2.05) is 20.8 Å². The summed E-state index contributed by atoms with van der Waals surface area (Å²) in [6, 6.07) is 0. The van der Waals surface area contributed by atoms with Gasteiger partial charge in [-0.3, -0.25) is 9.59 Å². The van der Waals surface area contributed by atoms with E-state index in [0.717, 1.165) is 89.9 Å². The molecule has 1 aliphatic rings. The van der Waals surface area contributed by atoms with Crippen LogP contribution < -0.4 is 0 Å². The second kappa shape index (κ2) is 25.3. The van der Waals surface area contributed by atoms with Gasteiger partial charge >= 0.3 is 11.9 Å². The molecule has 0 aromatic rings. The van der Waals surface area contributed by atoms with Gasteiger partial charge in [-0.25, -0.2) is 0 Å². The Labute approximate surface area is 371 Å². The number of carbonyl (C=O) groups is 2. The van der Waals surface area contributed by atoms with Gasteiger partial charge in [0.1, 0.15) is 0 Å². The fourth-order valence-corrected chi connectivity index (χ4v) is 10.3. The van der Waals surface area contributed by atoms with Gasteiger partial charge in [0, 0.05) is 20.0 Å². The van der Waals surface area contributed by atoms with Crippen LogP contribution in [-0.4, -0.2) is 45.2 Å². The Morgan fingerprint density at radius 2 is 1.39 bits per heavy atom. The monoisotopic (exact) mass is 877 g/mol. The minimum absolute atomic E-state index is 0.0674. The SMILES string of the molecule is C=CC(CCCC(=C)CCC=C(C)C)(CCCC(C)(Cl)CCCC(C)(C)Cl)C1CC(C(=O)OCC)C(C(=O)OCC)CC1(Cl)CCC(Cl)C(C)CCCC(C)(C)C. The first kappa shape index (κ1) is 54.3. The summed E-state index contributed by atoms with van der Waals surface area (Å²) in [5.74, 6) is -1.96. The van der Waals surface area contributed by atoms with Crippen LogP contribution in [0.5, 0.6) is 0 Å². The maximum Gasteiger partial charge on any atom is 0.309 e. The Hall–Kier alpha value is -0.680. The molecule has 57 heavy (non-hydrogen) atoms. The molecular formula is C49H84Cl4O4. The maximum atomic E-state index is 13.8. The molecule has 8 heteroatoms. The molecule has 0 spiro atoms. The lowest BCUT2D eigenvalue weighted by atomic mass is 9.54. The smallest absolute Gasteiger partial charge is 0.309 e. The van der Waals surface area contributed by atoms with E-state index in [4.69, 9.17) is 55.9 Å². The summed E-state index contributed by atoms with van der Waals surface area (Å²) in [5.41, 5.74) is 2.40. The Morgan fingerprint density at radius 1 is 0.825 bits per heavy atom. The van der Waals surface area contributed by atoms with Crippen LogP contribution >= 0.6 is 46.4 Å². The lowest BCUT2D eigenvalue weighted by Gasteiger charge is -2.53. The molecule has 0 bridgehead atoms. The fraction of sp³-hybridized carbons (Fsp3) is 0.837. The number of allylic oxidation sites excluding steroid dienone is 4. The maximum absolute atomic E-state index is 13.8. The molecule has 0 aromatic heterocycles. The number of hydrogen-bond donors (Lipinski definition) is 0. The first-order valence-electron chi connectivity index (χ1n) is 22.3. The Bertz CT molecular complexity index is 1260. The highest BCUT2D eigenvalue weighted by atomic mass is 35.5. The second-order valence-electron chi connectivity index (χ2n) is 19.9. The van der Waals surface area contributed by atoms with Gasteiger partial charge in [-0.05, 0) is 174 Å². The van der Waals surface area contributed by atoms with Gasteiger partial charge in [0.15, 0.2) is 0 Å². The topological polar surface area (TPSA) is 52.6 Å². The molecule has 0 saturated heterocycles. The first-order chi connectivity index (χ1) is 26.3. The molecular weight excluding hydrogens is 794 g/mol. The van der Waals surface area contributed by atoms with E-state index in [-0.39, 0.29) is 51.6 Å². The zero-order valence-electron chi connectivity index (χ0n) is 38.2. The van der Waals surface area contributed by atoms with E-state index in [1.54, 1.807) is 6.92 Å². The molecule has 0 amide bonds. The molecule has 1 saturated carbocycles. The number of alkyl halides is 4. The van der Waals surface area contributed by atoms with Crippen molar-refractivity contribution in [3.05, 3.63) is 36.5 Å². The summed E-state index contributed by atoms with van der Waals surface area (Å²) in [4.78, 5) is 26.1. The number of esters is 2. The average molecular weight is 879 g/mol. The third-order valence-corrected chi connectivity index (χ3v) is 14.3. The van der Waals surface area contributed by atoms with Crippen LogP contribution in [0.4, 0.5) is 0 Å². The number of carbonyl (C=O) groups excluding carboxylic acids is 2. The molecule has 332 valence electrons. The standard InChI is InChI=1S/C49H84Cl4O4/c1-14-48(31-18-24-37(6)23-17-22-36(4)5,32-21-30-47(13,52)29-20-28-46(11,12)51)42-34-39(43(54)56-15-2)40(44(55)57-16-3)35-49(42,53)33-26-41(50)38(7)25-19-27-45(8,9)10/h14,22,38-42H,1,6,15-21,23-35H2,2-5,7-13H3. The van der Waals surface area contributed by atoms with Crippen LogP contribution in [0.3, 0.4) is 0 Å². The van der Waals surface area contributed by atoms with Gasteiger partial charge in [-0.2, -0.15) is 0 Å². The number of rotatable bonds is 28. The minimum Gasteiger partial charge on any atom is -0.466 e. The number of hydrogen-bond acceptors (Lipinski definition) is 4. The van der Waals surface area contributed by atoms with Gasteiger partial charge in [-0.1, -0.05) is 70.4 Å². The van der Waals surface area contributed by atoms with Crippen LogP contribution in [-0.2, 0) is 19.1 Å².